The summed E-state index contributed by atoms with van der Waals surface area (Å²) in [6.45, 7) is 6.80. The van der Waals surface area contributed by atoms with E-state index >= 15 is 0 Å². The molecule has 0 atom stereocenters. The van der Waals surface area contributed by atoms with Gasteiger partial charge < -0.3 is 9.64 Å². The number of fused-ring (bicyclic) bond motifs is 1. The number of likely N-dealkylation sites (tertiary alicyclic amines) is 2. The summed E-state index contributed by atoms with van der Waals surface area (Å²) in [5, 5.41) is 8.72. The Morgan fingerprint density at radius 1 is 1.32 bits per heavy atom. The van der Waals surface area contributed by atoms with Crippen LogP contribution in [0, 0.1) is 5.41 Å². The SMILES string of the molecule is CCN1CC2(CCN(Cc3[nH]nc4ccc(OC)cc34)CC2)CC1=O. The number of carbonyl (C=O) groups is 1. The van der Waals surface area contributed by atoms with Crippen LogP contribution in [0.1, 0.15) is 31.9 Å². The van der Waals surface area contributed by atoms with E-state index in [9.17, 15) is 4.79 Å². The highest BCUT2D eigenvalue weighted by atomic mass is 16.5. The van der Waals surface area contributed by atoms with Crippen LogP contribution < -0.4 is 4.74 Å². The second-order valence-corrected chi connectivity index (χ2v) is 7.45. The standard InChI is InChI=1S/C19H26N4O2/c1-3-23-13-19(11-18(23)24)6-8-22(9-7-19)12-17-15-10-14(25-2)4-5-16(15)20-21-17/h4-5,10H,3,6-9,11-13H2,1-2H3,(H,20,21). The van der Waals surface area contributed by atoms with Crippen molar-refractivity contribution < 1.29 is 9.53 Å². The van der Waals surface area contributed by atoms with Crippen LogP contribution in [0.5, 0.6) is 5.75 Å². The first-order valence-electron chi connectivity index (χ1n) is 9.13. The third kappa shape index (κ3) is 2.99. The van der Waals surface area contributed by atoms with Gasteiger partial charge in [0.05, 0.1) is 18.3 Å². The molecule has 2 aromatic rings. The van der Waals surface area contributed by atoms with Gasteiger partial charge in [-0.3, -0.25) is 14.8 Å². The summed E-state index contributed by atoms with van der Waals surface area (Å²) in [6, 6.07) is 5.98. The molecule has 3 heterocycles. The van der Waals surface area contributed by atoms with Gasteiger partial charge in [0, 0.05) is 31.4 Å². The first-order chi connectivity index (χ1) is 12.1. The molecule has 4 rings (SSSR count). The molecule has 6 nitrogen and oxygen atoms in total. The first kappa shape index (κ1) is 16.4. The van der Waals surface area contributed by atoms with Crippen molar-refractivity contribution in [1.29, 1.82) is 0 Å². The fourth-order valence-corrected chi connectivity index (χ4v) is 4.30. The molecule has 0 saturated carbocycles. The Balaban J connectivity index is 1.43. The molecule has 25 heavy (non-hydrogen) atoms. The number of nitrogens with one attached hydrogen (secondary N) is 1. The molecule has 2 aliphatic rings. The quantitative estimate of drug-likeness (QED) is 0.927. The molecule has 0 bridgehead atoms. The van der Waals surface area contributed by atoms with Crippen LogP contribution in [0.2, 0.25) is 0 Å². The summed E-state index contributed by atoms with van der Waals surface area (Å²) < 4.78 is 5.34. The van der Waals surface area contributed by atoms with Crippen LogP contribution in [0.25, 0.3) is 10.9 Å². The van der Waals surface area contributed by atoms with Crippen LogP contribution >= 0.6 is 0 Å². The van der Waals surface area contributed by atoms with Gasteiger partial charge in [0.15, 0.2) is 0 Å². The highest BCUT2D eigenvalue weighted by molar-refractivity contribution is 5.82. The van der Waals surface area contributed by atoms with Gasteiger partial charge in [0.1, 0.15) is 5.75 Å². The minimum atomic E-state index is 0.211. The molecule has 134 valence electrons. The highest BCUT2D eigenvalue weighted by Crippen LogP contribution is 2.41. The molecule has 0 unspecified atom stereocenters. The number of aromatic amines is 1. The third-order valence-corrected chi connectivity index (χ3v) is 5.93. The average Bonchev–Trinajstić information content (AvgIpc) is 3.17. The van der Waals surface area contributed by atoms with Gasteiger partial charge in [-0.25, -0.2) is 0 Å². The Kier molecular flexibility index (Phi) is 4.15. The van der Waals surface area contributed by atoms with E-state index in [-0.39, 0.29) is 5.41 Å². The lowest BCUT2D eigenvalue weighted by molar-refractivity contribution is -0.127. The number of rotatable bonds is 4. The second-order valence-electron chi connectivity index (χ2n) is 7.45. The first-order valence-corrected chi connectivity index (χ1v) is 9.13. The smallest absolute Gasteiger partial charge is 0.223 e. The number of amides is 1. The molecule has 1 aromatic carbocycles. The van der Waals surface area contributed by atoms with E-state index in [0.717, 1.165) is 74.3 Å². The van der Waals surface area contributed by atoms with Crippen molar-refractivity contribution in [3.63, 3.8) is 0 Å². The van der Waals surface area contributed by atoms with Crippen molar-refractivity contribution in [2.45, 2.75) is 32.7 Å². The molecule has 0 aliphatic carbocycles. The number of benzene rings is 1. The minimum absolute atomic E-state index is 0.211. The molecule has 1 amide bonds. The number of ether oxygens (including phenoxy) is 1. The van der Waals surface area contributed by atoms with Crippen molar-refractivity contribution >= 4 is 16.8 Å². The maximum Gasteiger partial charge on any atom is 0.223 e. The molecule has 1 N–H and O–H groups in total. The number of hydrogen-bond donors (Lipinski definition) is 1. The van der Waals surface area contributed by atoms with Crippen LogP contribution in [-0.4, -0.2) is 59.2 Å². The fourth-order valence-electron chi connectivity index (χ4n) is 4.30. The Morgan fingerprint density at radius 3 is 2.80 bits per heavy atom. The number of piperidine rings is 1. The zero-order valence-corrected chi connectivity index (χ0v) is 15.0. The number of aromatic nitrogens is 2. The molecule has 6 heteroatoms. The Morgan fingerprint density at radius 2 is 2.12 bits per heavy atom. The van der Waals surface area contributed by atoms with Gasteiger partial charge in [0.25, 0.3) is 0 Å². The zero-order valence-electron chi connectivity index (χ0n) is 15.0. The molecule has 1 aromatic heterocycles. The summed E-state index contributed by atoms with van der Waals surface area (Å²) in [7, 11) is 1.69. The number of H-pyrrole nitrogens is 1. The van der Waals surface area contributed by atoms with Crippen LogP contribution in [0.15, 0.2) is 18.2 Å². The summed E-state index contributed by atoms with van der Waals surface area (Å²) in [5.41, 5.74) is 2.33. The predicted molar refractivity (Wildman–Crippen MR) is 96.5 cm³/mol. The van der Waals surface area contributed by atoms with E-state index in [1.807, 2.05) is 23.1 Å². The summed E-state index contributed by atoms with van der Waals surface area (Å²) in [5.74, 6) is 1.19. The van der Waals surface area contributed by atoms with E-state index in [4.69, 9.17) is 4.74 Å². The summed E-state index contributed by atoms with van der Waals surface area (Å²) in [4.78, 5) is 16.6. The van der Waals surface area contributed by atoms with Crippen molar-refractivity contribution in [2.75, 3.05) is 33.3 Å². The van der Waals surface area contributed by atoms with Crippen molar-refractivity contribution in [3.8, 4) is 5.75 Å². The lowest BCUT2D eigenvalue weighted by Gasteiger charge is -2.38. The number of carbonyl (C=O) groups excluding carboxylic acids is 1. The number of nitrogens with zero attached hydrogens (tertiary/aromatic N) is 3. The zero-order chi connectivity index (χ0) is 17.4. The van der Waals surface area contributed by atoms with Gasteiger partial charge in [-0.05, 0) is 56.5 Å². The molecule has 2 aliphatic heterocycles. The van der Waals surface area contributed by atoms with E-state index < -0.39 is 0 Å². The summed E-state index contributed by atoms with van der Waals surface area (Å²) in [6.07, 6.45) is 2.94. The largest absolute Gasteiger partial charge is 0.497 e. The lowest BCUT2D eigenvalue weighted by Crippen LogP contribution is -2.41. The second kappa shape index (κ2) is 6.33. The number of methoxy groups -OCH3 is 1. The van der Waals surface area contributed by atoms with Gasteiger partial charge >= 0.3 is 0 Å². The van der Waals surface area contributed by atoms with Gasteiger partial charge in [-0.15, -0.1) is 0 Å². The van der Waals surface area contributed by atoms with Gasteiger partial charge in [0.2, 0.25) is 5.91 Å². The lowest BCUT2D eigenvalue weighted by atomic mass is 9.77. The topological polar surface area (TPSA) is 61.5 Å². The van der Waals surface area contributed by atoms with Gasteiger partial charge in [-0.1, -0.05) is 0 Å². The van der Waals surface area contributed by atoms with Crippen molar-refractivity contribution in [1.82, 2.24) is 20.0 Å². The van der Waals surface area contributed by atoms with E-state index in [1.165, 1.54) is 0 Å². The van der Waals surface area contributed by atoms with Crippen LogP contribution in [0.3, 0.4) is 0 Å². The Bertz CT molecular complexity index is 777. The third-order valence-electron chi connectivity index (χ3n) is 5.93. The molecule has 0 radical (unpaired) electrons. The normalized spacial score (nSPS) is 20.7. The van der Waals surface area contributed by atoms with Gasteiger partial charge in [-0.2, -0.15) is 5.10 Å². The fraction of sp³-hybridized carbons (Fsp3) is 0.579. The molecular weight excluding hydrogens is 316 g/mol. The molecule has 2 saturated heterocycles. The average molecular weight is 342 g/mol. The molecular formula is C19H26N4O2. The minimum Gasteiger partial charge on any atom is -0.497 e. The highest BCUT2D eigenvalue weighted by Gasteiger charge is 2.44. The predicted octanol–water partition coefficient (Wildman–Crippen LogP) is 2.41. The van der Waals surface area contributed by atoms with Crippen molar-refractivity contribution in [3.05, 3.63) is 23.9 Å². The van der Waals surface area contributed by atoms with Crippen molar-refractivity contribution in [2.24, 2.45) is 5.41 Å². The summed E-state index contributed by atoms with van der Waals surface area (Å²) >= 11 is 0. The van der Waals surface area contributed by atoms with E-state index in [2.05, 4.69) is 22.0 Å². The Hall–Kier alpha value is -2.08. The van der Waals surface area contributed by atoms with E-state index in [0.29, 0.717) is 5.91 Å². The van der Waals surface area contributed by atoms with Crippen LogP contribution in [-0.2, 0) is 11.3 Å². The van der Waals surface area contributed by atoms with E-state index in [1.54, 1.807) is 7.11 Å². The van der Waals surface area contributed by atoms with Crippen LogP contribution in [0.4, 0.5) is 0 Å². The Labute approximate surface area is 148 Å². The molecule has 2 fully saturated rings. The number of hydrogen-bond acceptors (Lipinski definition) is 4. The maximum absolute atomic E-state index is 12.1. The molecule has 1 spiro atoms. The monoisotopic (exact) mass is 342 g/mol. The maximum atomic E-state index is 12.1.